The fourth-order valence-electron chi connectivity index (χ4n) is 7.10. The van der Waals surface area contributed by atoms with Crippen molar-refractivity contribution in [1.29, 1.82) is 0 Å². The van der Waals surface area contributed by atoms with Gasteiger partial charge in [-0.25, -0.2) is 0 Å². The van der Waals surface area contributed by atoms with Gasteiger partial charge in [0, 0.05) is 25.9 Å². The molecule has 0 amide bonds. The summed E-state index contributed by atoms with van der Waals surface area (Å²) < 4.78 is 10.9. The van der Waals surface area contributed by atoms with Gasteiger partial charge in [0.15, 0.2) is 0 Å². The number of rotatable bonds is 44. The zero-order valence-corrected chi connectivity index (χ0v) is 35.6. The Kier molecular flexibility index (Phi) is 43.3. The van der Waals surface area contributed by atoms with Crippen LogP contribution in [0.1, 0.15) is 239 Å². The van der Waals surface area contributed by atoms with Gasteiger partial charge < -0.3 is 19.7 Å². The van der Waals surface area contributed by atoms with E-state index in [2.05, 4.69) is 31.1 Å². The molecule has 0 aromatic heterocycles. The number of ether oxygens (including phenoxy) is 2. The van der Waals surface area contributed by atoms with Gasteiger partial charge in [-0.2, -0.15) is 0 Å². The molecule has 0 unspecified atom stereocenters. The first kappa shape index (κ1) is 50.9. The molecule has 0 atom stereocenters. The van der Waals surface area contributed by atoms with E-state index in [1.807, 2.05) is 0 Å². The molecule has 0 saturated carbocycles. The molecule has 0 spiro atoms. The maximum atomic E-state index is 12.0. The van der Waals surface area contributed by atoms with Crippen molar-refractivity contribution in [2.24, 2.45) is 0 Å². The molecule has 0 fully saturated rings. The highest BCUT2D eigenvalue weighted by Crippen LogP contribution is 2.14. The van der Waals surface area contributed by atoms with E-state index in [0.29, 0.717) is 26.1 Å². The largest absolute Gasteiger partial charge is 0.466 e. The second kappa shape index (κ2) is 44.3. The molecule has 0 aliphatic heterocycles. The second-order valence-electron chi connectivity index (χ2n) is 15.8. The van der Waals surface area contributed by atoms with Gasteiger partial charge in [-0.15, -0.1) is 0 Å². The van der Waals surface area contributed by atoms with E-state index < -0.39 is 0 Å². The predicted molar refractivity (Wildman–Crippen MR) is 225 cm³/mol. The number of esters is 2. The summed E-state index contributed by atoms with van der Waals surface area (Å²) in [4.78, 5) is 26.7. The SMILES string of the molecule is CCCCCCCCCCCOC(=O)CCCCCCCCCCN(CCCCCCCCCC(=O)OCCCCCCCCCCC)CCNC. The van der Waals surface area contributed by atoms with E-state index in [0.717, 1.165) is 51.6 Å². The van der Waals surface area contributed by atoms with E-state index in [1.165, 1.54) is 186 Å². The quantitative estimate of drug-likeness (QED) is 0.0496. The minimum Gasteiger partial charge on any atom is -0.466 e. The molecule has 0 aliphatic rings. The van der Waals surface area contributed by atoms with Crippen molar-refractivity contribution in [1.82, 2.24) is 10.2 Å². The van der Waals surface area contributed by atoms with E-state index in [-0.39, 0.29) is 11.9 Å². The van der Waals surface area contributed by atoms with Crippen LogP contribution in [0, 0.1) is 0 Å². The van der Waals surface area contributed by atoms with Gasteiger partial charge in [-0.3, -0.25) is 9.59 Å². The summed E-state index contributed by atoms with van der Waals surface area (Å²) in [6.45, 7) is 10.4. The van der Waals surface area contributed by atoms with Gasteiger partial charge in [0.25, 0.3) is 0 Å². The lowest BCUT2D eigenvalue weighted by atomic mass is 10.1. The van der Waals surface area contributed by atoms with Crippen LogP contribution in [-0.2, 0) is 19.1 Å². The maximum absolute atomic E-state index is 12.0. The third-order valence-electron chi connectivity index (χ3n) is 10.7. The molecule has 0 radical (unpaired) electrons. The summed E-state index contributed by atoms with van der Waals surface area (Å²) in [5.74, 6) is 0.0127. The van der Waals surface area contributed by atoms with Crippen molar-refractivity contribution in [3.05, 3.63) is 0 Å². The number of nitrogens with zero attached hydrogens (tertiary/aromatic N) is 1. The van der Waals surface area contributed by atoms with E-state index >= 15 is 0 Å². The number of hydrogen-bond acceptors (Lipinski definition) is 6. The number of hydrogen-bond donors (Lipinski definition) is 1. The molecule has 0 saturated heterocycles. The van der Waals surface area contributed by atoms with Crippen LogP contribution in [0.25, 0.3) is 0 Å². The summed E-state index contributed by atoms with van der Waals surface area (Å²) in [7, 11) is 2.05. The van der Waals surface area contributed by atoms with Gasteiger partial charge in [0.2, 0.25) is 0 Å². The number of carbonyl (C=O) groups is 2. The van der Waals surface area contributed by atoms with Crippen molar-refractivity contribution >= 4 is 11.9 Å². The van der Waals surface area contributed by atoms with Crippen molar-refractivity contribution < 1.29 is 19.1 Å². The fourth-order valence-corrected chi connectivity index (χ4v) is 7.10. The Hall–Kier alpha value is -1.14. The standard InChI is InChI=1S/C46H92N2O4/c1-4-6-8-10-12-16-23-29-35-43-51-45(49)37-31-25-19-14-15-21-27-33-40-48(42-39-47-3)41-34-28-22-18-20-26-32-38-46(50)52-44-36-30-24-17-13-11-9-7-5-2/h47H,4-44H2,1-3H3. The summed E-state index contributed by atoms with van der Waals surface area (Å²) >= 11 is 0. The Labute approximate surface area is 325 Å². The number of likely N-dealkylation sites (N-methyl/N-ethyl adjacent to an activating group) is 1. The molecule has 0 aliphatic carbocycles. The number of unbranched alkanes of at least 4 members (excludes halogenated alkanes) is 29. The highest BCUT2D eigenvalue weighted by molar-refractivity contribution is 5.69. The van der Waals surface area contributed by atoms with E-state index in [9.17, 15) is 9.59 Å². The van der Waals surface area contributed by atoms with E-state index in [1.54, 1.807) is 0 Å². The summed E-state index contributed by atoms with van der Waals surface area (Å²) in [5.41, 5.74) is 0. The smallest absolute Gasteiger partial charge is 0.305 e. The zero-order chi connectivity index (χ0) is 37.8. The lowest BCUT2D eigenvalue weighted by molar-refractivity contribution is -0.144. The minimum atomic E-state index is 0.00582. The highest BCUT2D eigenvalue weighted by atomic mass is 16.5. The van der Waals surface area contributed by atoms with Crippen LogP contribution in [0.4, 0.5) is 0 Å². The van der Waals surface area contributed by atoms with Crippen molar-refractivity contribution in [2.45, 2.75) is 239 Å². The molecule has 310 valence electrons. The van der Waals surface area contributed by atoms with Crippen molar-refractivity contribution in [3.63, 3.8) is 0 Å². The maximum Gasteiger partial charge on any atom is 0.305 e. The van der Waals surface area contributed by atoms with Crippen LogP contribution >= 0.6 is 0 Å². The molecule has 1 N–H and O–H groups in total. The van der Waals surface area contributed by atoms with Crippen LogP contribution in [0.2, 0.25) is 0 Å². The Morgan fingerprint density at radius 1 is 0.385 bits per heavy atom. The van der Waals surface area contributed by atoms with Crippen LogP contribution in [0.15, 0.2) is 0 Å². The average Bonchev–Trinajstić information content (AvgIpc) is 3.14. The summed E-state index contributed by atoms with van der Waals surface area (Å²) in [5, 5.41) is 3.33. The predicted octanol–water partition coefficient (Wildman–Crippen LogP) is 13.3. The molecule has 0 rings (SSSR count). The Morgan fingerprint density at radius 3 is 1.00 bits per heavy atom. The number of carbonyl (C=O) groups excluding carboxylic acids is 2. The van der Waals surface area contributed by atoms with Gasteiger partial charge in [0.05, 0.1) is 13.2 Å². The molecule has 52 heavy (non-hydrogen) atoms. The first-order chi connectivity index (χ1) is 25.6. The molecule has 0 heterocycles. The highest BCUT2D eigenvalue weighted by Gasteiger charge is 2.06. The second-order valence-corrected chi connectivity index (χ2v) is 15.8. The first-order valence-corrected chi connectivity index (χ1v) is 23.3. The van der Waals surface area contributed by atoms with Crippen molar-refractivity contribution in [3.8, 4) is 0 Å². The van der Waals surface area contributed by atoms with Gasteiger partial charge in [-0.1, -0.05) is 187 Å². The molecule has 0 aromatic rings. The Morgan fingerprint density at radius 2 is 0.673 bits per heavy atom. The van der Waals surface area contributed by atoms with Crippen LogP contribution in [0.3, 0.4) is 0 Å². The zero-order valence-electron chi connectivity index (χ0n) is 35.6. The summed E-state index contributed by atoms with van der Waals surface area (Å²) in [6.07, 6.45) is 43.0. The van der Waals surface area contributed by atoms with Gasteiger partial charge in [0.1, 0.15) is 0 Å². The average molecular weight is 737 g/mol. The molecular weight excluding hydrogens is 645 g/mol. The van der Waals surface area contributed by atoms with Crippen LogP contribution in [-0.4, -0.2) is 63.3 Å². The topological polar surface area (TPSA) is 67.9 Å². The monoisotopic (exact) mass is 737 g/mol. The normalized spacial score (nSPS) is 11.5. The molecular formula is C46H92N2O4. The van der Waals surface area contributed by atoms with Gasteiger partial charge >= 0.3 is 11.9 Å². The minimum absolute atomic E-state index is 0.00582. The molecule has 0 aromatic carbocycles. The first-order valence-electron chi connectivity index (χ1n) is 23.3. The summed E-state index contributed by atoms with van der Waals surface area (Å²) in [6, 6.07) is 0. The van der Waals surface area contributed by atoms with E-state index in [4.69, 9.17) is 9.47 Å². The molecule has 6 heteroatoms. The number of nitrogens with one attached hydrogen (secondary N) is 1. The third-order valence-corrected chi connectivity index (χ3v) is 10.7. The fraction of sp³-hybridized carbons (Fsp3) is 0.957. The van der Waals surface area contributed by atoms with Crippen LogP contribution < -0.4 is 5.32 Å². The van der Waals surface area contributed by atoms with Crippen molar-refractivity contribution in [2.75, 3.05) is 46.4 Å². The van der Waals surface area contributed by atoms with Gasteiger partial charge in [-0.05, 0) is 58.7 Å². The molecule has 0 bridgehead atoms. The lowest BCUT2D eigenvalue weighted by Crippen LogP contribution is -2.32. The Balaban J connectivity index is 3.55. The molecule has 6 nitrogen and oxygen atoms in total. The van der Waals surface area contributed by atoms with Crippen LogP contribution in [0.5, 0.6) is 0 Å². The Bertz CT molecular complexity index is 718. The lowest BCUT2D eigenvalue weighted by Gasteiger charge is -2.22. The third kappa shape index (κ3) is 41.6.